The molecule has 20 heavy (non-hydrogen) atoms. The number of hydrogen-bond acceptors (Lipinski definition) is 2. The van der Waals surface area contributed by atoms with Crippen molar-refractivity contribution in [2.75, 3.05) is 11.9 Å². The van der Waals surface area contributed by atoms with Crippen LogP contribution in [0.2, 0.25) is 5.02 Å². The van der Waals surface area contributed by atoms with E-state index in [-0.39, 0.29) is 5.91 Å². The summed E-state index contributed by atoms with van der Waals surface area (Å²) in [4.78, 5) is 12.0. The molecule has 0 spiro atoms. The maximum Gasteiger partial charge on any atom is 0.238 e. The Morgan fingerprint density at radius 2 is 2.00 bits per heavy atom. The third-order valence-corrected chi connectivity index (χ3v) is 4.28. The molecule has 0 radical (unpaired) electrons. The van der Waals surface area contributed by atoms with Crippen LogP contribution in [0.15, 0.2) is 18.2 Å². The van der Waals surface area contributed by atoms with Crippen LogP contribution in [0.1, 0.15) is 38.2 Å². The first-order valence-corrected chi connectivity index (χ1v) is 7.72. The Kier molecular flexibility index (Phi) is 5.44. The van der Waals surface area contributed by atoms with Crippen molar-refractivity contribution >= 4 is 23.2 Å². The first-order chi connectivity index (χ1) is 9.54. The second kappa shape index (κ2) is 7.09. The lowest BCUT2D eigenvalue weighted by Gasteiger charge is -2.26. The minimum Gasteiger partial charge on any atom is -0.325 e. The zero-order chi connectivity index (χ0) is 14.5. The molecule has 1 aromatic carbocycles. The fourth-order valence-electron chi connectivity index (χ4n) is 2.62. The van der Waals surface area contributed by atoms with E-state index >= 15 is 0 Å². The van der Waals surface area contributed by atoms with Crippen molar-refractivity contribution in [2.24, 2.45) is 5.92 Å². The van der Waals surface area contributed by atoms with Gasteiger partial charge in [-0.15, -0.1) is 0 Å². The lowest BCUT2D eigenvalue weighted by atomic mass is 9.87. The van der Waals surface area contributed by atoms with Gasteiger partial charge in [-0.2, -0.15) is 0 Å². The average Bonchev–Trinajstić information content (AvgIpc) is 2.42. The quantitative estimate of drug-likeness (QED) is 0.888. The monoisotopic (exact) mass is 294 g/mol. The van der Waals surface area contributed by atoms with Gasteiger partial charge in [-0.1, -0.05) is 24.6 Å². The van der Waals surface area contributed by atoms with Crippen LogP contribution >= 0.6 is 11.6 Å². The van der Waals surface area contributed by atoms with E-state index in [1.54, 1.807) is 6.07 Å². The molecule has 3 nitrogen and oxygen atoms in total. The molecule has 1 saturated carbocycles. The zero-order valence-electron chi connectivity index (χ0n) is 12.2. The molecule has 1 fully saturated rings. The molecule has 0 aliphatic heterocycles. The number of rotatable bonds is 4. The summed E-state index contributed by atoms with van der Waals surface area (Å²) in [5, 5.41) is 6.90. The van der Waals surface area contributed by atoms with Crippen molar-refractivity contribution < 1.29 is 4.79 Å². The summed E-state index contributed by atoms with van der Waals surface area (Å²) in [6, 6.07) is 6.01. The fraction of sp³-hybridized carbons (Fsp3) is 0.562. The summed E-state index contributed by atoms with van der Waals surface area (Å²) in [7, 11) is 0. The molecule has 1 aliphatic rings. The van der Waals surface area contributed by atoms with Crippen LogP contribution in [0, 0.1) is 12.8 Å². The number of benzene rings is 1. The summed E-state index contributed by atoms with van der Waals surface area (Å²) in [5.74, 6) is 0.824. The van der Waals surface area contributed by atoms with Gasteiger partial charge in [0.1, 0.15) is 0 Å². The topological polar surface area (TPSA) is 41.1 Å². The summed E-state index contributed by atoms with van der Waals surface area (Å²) in [6.07, 6.45) is 4.86. The van der Waals surface area contributed by atoms with Crippen LogP contribution in [0.4, 0.5) is 5.69 Å². The SMILES string of the molecule is Cc1ccc(Cl)cc1NC(=O)CNC1CCC(C)CC1. The number of halogens is 1. The van der Waals surface area contributed by atoms with E-state index in [2.05, 4.69) is 17.6 Å². The molecule has 1 amide bonds. The highest BCUT2D eigenvalue weighted by molar-refractivity contribution is 6.31. The second-order valence-corrected chi connectivity index (χ2v) is 6.28. The highest BCUT2D eigenvalue weighted by atomic mass is 35.5. The Morgan fingerprint density at radius 3 is 2.70 bits per heavy atom. The molecule has 2 rings (SSSR count). The molecule has 1 aliphatic carbocycles. The van der Waals surface area contributed by atoms with Crippen molar-refractivity contribution in [1.29, 1.82) is 0 Å². The number of carbonyl (C=O) groups is 1. The largest absolute Gasteiger partial charge is 0.325 e. The van der Waals surface area contributed by atoms with E-state index in [0.717, 1.165) is 17.2 Å². The number of nitrogens with one attached hydrogen (secondary N) is 2. The molecule has 0 heterocycles. The standard InChI is InChI=1S/C16H23ClN2O/c1-11-3-7-14(8-4-11)18-10-16(20)19-15-9-13(17)6-5-12(15)2/h5-6,9,11,14,18H,3-4,7-8,10H2,1-2H3,(H,19,20). The first kappa shape index (κ1) is 15.3. The van der Waals surface area contributed by atoms with Crippen LogP contribution in [0.3, 0.4) is 0 Å². The Hall–Kier alpha value is -1.06. The van der Waals surface area contributed by atoms with Crippen molar-refractivity contribution in [2.45, 2.75) is 45.6 Å². The predicted octanol–water partition coefficient (Wildman–Crippen LogP) is 3.76. The molecule has 4 heteroatoms. The highest BCUT2D eigenvalue weighted by Crippen LogP contribution is 2.23. The number of aryl methyl sites for hydroxylation is 1. The molecule has 0 atom stereocenters. The molecule has 0 aromatic heterocycles. The maximum atomic E-state index is 12.0. The van der Waals surface area contributed by atoms with Crippen LogP contribution in [0.5, 0.6) is 0 Å². The summed E-state index contributed by atoms with van der Waals surface area (Å²) >= 11 is 5.95. The molecular weight excluding hydrogens is 272 g/mol. The molecule has 0 saturated heterocycles. The Balaban J connectivity index is 1.79. The highest BCUT2D eigenvalue weighted by Gasteiger charge is 2.18. The number of amides is 1. The van der Waals surface area contributed by atoms with Crippen molar-refractivity contribution in [3.63, 3.8) is 0 Å². The van der Waals surface area contributed by atoms with E-state index < -0.39 is 0 Å². The number of carbonyl (C=O) groups excluding carboxylic acids is 1. The van der Waals surface area contributed by atoms with Crippen molar-refractivity contribution in [3.8, 4) is 0 Å². The summed E-state index contributed by atoms with van der Waals surface area (Å²) < 4.78 is 0. The Labute approximate surface area is 126 Å². The average molecular weight is 295 g/mol. The van der Waals surface area contributed by atoms with Gasteiger partial charge in [0.15, 0.2) is 0 Å². The van der Waals surface area contributed by atoms with Gasteiger partial charge in [-0.25, -0.2) is 0 Å². The molecule has 2 N–H and O–H groups in total. The van der Waals surface area contributed by atoms with Crippen LogP contribution in [-0.2, 0) is 4.79 Å². The van der Waals surface area contributed by atoms with Crippen molar-refractivity contribution in [1.82, 2.24) is 5.32 Å². The molecule has 1 aromatic rings. The van der Waals surface area contributed by atoms with E-state index in [1.807, 2.05) is 19.1 Å². The fourth-order valence-corrected chi connectivity index (χ4v) is 2.80. The van der Waals surface area contributed by atoms with Gasteiger partial charge in [0.2, 0.25) is 5.91 Å². The Morgan fingerprint density at radius 1 is 1.30 bits per heavy atom. The minimum atomic E-state index is -0.00557. The van der Waals surface area contributed by atoms with Gasteiger partial charge < -0.3 is 10.6 Å². The minimum absolute atomic E-state index is 0.00557. The van der Waals surface area contributed by atoms with E-state index in [4.69, 9.17) is 11.6 Å². The lowest BCUT2D eigenvalue weighted by Crippen LogP contribution is -2.38. The molecule has 110 valence electrons. The van der Waals surface area contributed by atoms with Gasteiger partial charge in [-0.05, 0) is 56.2 Å². The van der Waals surface area contributed by atoms with Gasteiger partial charge in [0, 0.05) is 16.8 Å². The molecule has 0 unspecified atom stereocenters. The lowest BCUT2D eigenvalue weighted by molar-refractivity contribution is -0.115. The smallest absolute Gasteiger partial charge is 0.238 e. The summed E-state index contributed by atoms with van der Waals surface area (Å²) in [6.45, 7) is 4.62. The van der Waals surface area contributed by atoms with Gasteiger partial charge in [0.25, 0.3) is 0 Å². The third-order valence-electron chi connectivity index (χ3n) is 4.04. The summed E-state index contributed by atoms with van der Waals surface area (Å²) in [5.41, 5.74) is 1.82. The van der Waals surface area contributed by atoms with Crippen LogP contribution in [0.25, 0.3) is 0 Å². The second-order valence-electron chi connectivity index (χ2n) is 5.85. The van der Waals surface area contributed by atoms with E-state index in [1.165, 1.54) is 25.7 Å². The van der Waals surface area contributed by atoms with E-state index in [0.29, 0.717) is 17.6 Å². The normalized spacial score (nSPS) is 22.6. The molecule has 0 bridgehead atoms. The van der Waals surface area contributed by atoms with Gasteiger partial charge >= 0.3 is 0 Å². The first-order valence-electron chi connectivity index (χ1n) is 7.34. The van der Waals surface area contributed by atoms with Crippen LogP contribution in [-0.4, -0.2) is 18.5 Å². The van der Waals surface area contributed by atoms with Crippen LogP contribution < -0.4 is 10.6 Å². The molecular formula is C16H23ClN2O. The predicted molar refractivity (Wildman–Crippen MR) is 84.2 cm³/mol. The third kappa shape index (κ3) is 4.50. The Bertz CT molecular complexity index is 468. The van der Waals surface area contributed by atoms with E-state index in [9.17, 15) is 4.79 Å². The maximum absolute atomic E-state index is 12.0. The van der Waals surface area contributed by atoms with Gasteiger partial charge in [0.05, 0.1) is 6.54 Å². The number of hydrogen-bond donors (Lipinski definition) is 2. The zero-order valence-corrected chi connectivity index (χ0v) is 13.0. The van der Waals surface area contributed by atoms with Gasteiger partial charge in [-0.3, -0.25) is 4.79 Å². The van der Waals surface area contributed by atoms with Crippen molar-refractivity contribution in [3.05, 3.63) is 28.8 Å². The number of anilines is 1.